The summed E-state index contributed by atoms with van der Waals surface area (Å²) < 4.78 is 25.3. The second kappa shape index (κ2) is 15.0. The highest BCUT2D eigenvalue weighted by Gasteiger charge is 2.32. The maximum atomic E-state index is 12.4. The van der Waals surface area contributed by atoms with E-state index >= 15 is 0 Å². The normalized spacial score (nSPS) is 11.2. The van der Waals surface area contributed by atoms with Gasteiger partial charge in [-0.05, 0) is 83.0 Å². The van der Waals surface area contributed by atoms with E-state index < -0.39 is 36.2 Å². The summed E-state index contributed by atoms with van der Waals surface area (Å²) in [6.45, 7) is 7.80. The standard InChI is InChI=1S/C28H35ClN2O9/c1-27(2,3)40-25(34)31-16-17-36-26(35)38-18-37-24(33)28(4,5)39-22-12-6-19(7-13-22)14-15-30-23(32)20-8-10-21(29)11-9-20/h6-13H,14-18H2,1-5H3,(H,30,32)(H,31,34). The lowest BCUT2D eigenvalue weighted by atomic mass is 10.1. The number of amides is 2. The number of benzene rings is 2. The van der Waals surface area contributed by atoms with Crippen molar-refractivity contribution in [2.24, 2.45) is 0 Å². The number of hydrogen-bond acceptors (Lipinski definition) is 9. The summed E-state index contributed by atoms with van der Waals surface area (Å²) in [7, 11) is 0. The second-order valence-electron chi connectivity index (χ2n) is 9.99. The fourth-order valence-corrected chi connectivity index (χ4v) is 3.16. The Morgan fingerprint density at radius 2 is 1.45 bits per heavy atom. The Balaban J connectivity index is 1.66. The lowest BCUT2D eigenvalue weighted by Crippen LogP contribution is -2.40. The Labute approximate surface area is 238 Å². The molecule has 0 aliphatic heterocycles. The third-order valence-corrected chi connectivity index (χ3v) is 5.20. The van der Waals surface area contributed by atoms with Crippen molar-refractivity contribution in [1.29, 1.82) is 0 Å². The summed E-state index contributed by atoms with van der Waals surface area (Å²) in [5, 5.41) is 5.83. The SMILES string of the molecule is CC(C)(C)OC(=O)NCCOC(=O)OCOC(=O)C(C)(C)Oc1ccc(CCNC(=O)c2ccc(Cl)cc2)cc1. The van der Waals surface area contributed by atoms with Crippen molar-refractivity contribution in [2.75, 3.05) is 26.5 Å². The zero-order chi connectivity index (χ0) is 29.8. The Bertz CT molecular complexity index is 1140. The topological polar surface area (TPSA) is 138 Å². The van der Waals surface area contributed by atoms with E-state index in [1.54, 1.807) is 57.2 Å². The maximum absolute atomic E-state index is 12.4. The van der Waals surface area contributed by atoms with Crippen LogP contribution in [0, 0.1) is 0 Å². The maximum Gasteiger partial charge on any atom is 0.511 e. The van der Waals surface area contributed by atoms with E-state index in [0.29, 0.717) is 29.3 Å². The highest BCUT2D eigenvalue weighted by atomic mass is 35.5. The number of esters is 1. The van der Waals surface area contributed by atoms with E-state index in [2.05, 4.69) is 10.6 Å². The fraction of sp³-hybridized carbons (Fsp3) is 0.429. The summed E-state index contributed by atoms with van der Waals surface area (Å²) in [5.74, 6) is -0.529. The number of alkyl carbamates (subject to hydrolysis) is 1. The number of ether oxygens (including phenoxy) is 5. The second-order valence-corrected chi connectivity index (χ2v) is 10.4. The van der Waals surface area contributed by atoms with E-state index in [1.807, 2.05) is 12.1 Å². The minimum absolute atomic E-state index is 0.0154. The summed E-state index contributed by atoms with van der Waals surface area (Å²) in [6.07, 6.45) is -1.12. The first-order valence-electron chi connectivity index (χ1n) is 12.5. The molecule has 0 bridgehead atoms. The van der Waals surface area contributed by atoms with Crippen molar-refractivity contribution < 1.29 is 42.9 Å². The van der Waals surface area contributed by atoms with Gasteiger partial charge in [-0.2, -0.15) is 0 Å². The minimum Gasteiger partial charge on any atom is -0.476 e. The van der Waals surface area contributed by atoms with Gasteiger partial charge in [0.05, 0.1) is 6.54 Å². The third kappa shape index (κ3) is 12.2. The van der Waals surface area contributed by atoms with Gasteiger partial charge in [0.25, 0.3) is 5.91 Å². The van der Waals surface area contributed by atoms with E-state index in [-0.39, 0.29) is 19.1 Å². The Hall–Kier alpha value is -3.99. The number of hydrogen-bond donors (Lipinski definition) is 2. The van der Waals surface area contributed by atoms with Gasteiger partial charge in [-0.25, -0.2) is 14.4 Å². The highest BCUT2D eigenvalue weighted by molar-refractivity contribution is 6.30. The van der Waals surface area contributed by atoms with Gasteiger partial charge in [0, 0.05) is 17.1 Å². The van der Waals surface area contributed by atoms with Gasteiger partial charge in [0.1, 0.15) is 18.0 Å². The summed E-state index contributed by atoms with van der Waals surface area (Å²) >= 11 is 5.84. The number of nitrogens with one attached hydrogen (secondary N) is 2. The molecule has 2 aromatic rings. The molecule has 0 aromatic heterocycles. The molecule has 0 saturated heterocycles. The molecule has 2 rings (SSSR count). The van der Waals surface area contributed by atoms with Crippen molar-refractivity contribution >= 4 is 35.7 Å². The third-order valence-electron chi connectivity index (χ3n) is 4.95. The molecule has 0 heterocycles. The molecule has 12 heteroatoms. The zero-order valence-electron chi connectivity index (χ0n) is 23.2. The van der Waals surface area contributed by atoms with Crippen LogP contribution in [0.4, 0.5) is 9.59 Å². The molecule has 2 N–H and O–H groups in total. The minimum atomic E-state index is -1.38. The van der Waals surface area contributed by atoms with Gasteiger partial charge in [-0.1, -0.05) is 23.7 Å². The quantitative estimate of drug-likeness (QED) is 0.159. The molecule has 218 valence electrons. The Morgan fingerprint density at radius 1 is 0.800 bits per heavy atom. The molecule has 0 atom stereocenters. The van der Waals surface area contributed by atoms with Crippen molar-refractivity contribution in [3.8, 4) is 5.75 Å². The van der Waals surface area contributed by atoms with Crippen molar-refractivity contribution in [2.45, 2.75) is 52.2 Å². The largest absolute Gasteiger partial charge is 0.511 e. The average molecular weight is 579 g/mol. The van der Waals surface area contributed by atoms with Crippen LogP contribution in [-0.4, -0.2) is 61.8 Å². The highest BCUT2D eigenvalue weighted by Crippen LogP contribution is 2.20. The monoisotopic (exact) mass is 578 g/mol. The van der Waals surface area contributed by atoms with Crippen LogP contribution in [0.1, 0.15) is 50.5 Å². The van der Waals surface area contributed by atoms with E-state index in [0.717, 1.165) is 5.56 Å². The number of carbonyl (C=O) groups excluding carboxylic acids is 4. The molecule has 0 saturated carbocycles. The molecular weight excluding hydrogens is 544 g/mol. The lowest BCUT2D eigenvalue weighted by molar-refractivity contribution is -0.168. The summed E-state index contributed by atoms with van der Waals surface area (Å²) in [4.78, 5) is 47.7. The molecule has 0 aliphatic carbocycles. The molecule has 0 fully saturated rings. The van der Waals surface area contributed by atoms with Gasteiger partial charge in [0.15, 0.2) is 5.60 Å². The number of carbonyl (C=O) groups is 4. The van der Waals surface area contributed by atoms with Gasteiger partial charge in [-0.15, -0.1) is 0 Å². The predicted octanol–water partition coefficient (Wildman–Crippen LogP) is 4.65. The van der Waals surface area contributed by atoms with Crippen LogP contribution in [0.25, 0.3) is 0 Å². The van der Waals surface area contributed by atoms with Crippen LogP contribution >= 0.6 is 11.6 Å². The predicted molar refractivity (Wildman–Crippen MR) is 146 cm³/mol. The van der Waals surface area contributed by atoms with E-state index in [1.165, 1.54) is 13.8 Å². The molecule has 0 unspecified atom stereocenters. The van der Waals surface area contributed by atoms with Gasteiger partial charge < -0.3 is 34.3 Å². The Kier molecular flexibility index (Phi) is 12.1. The van der Waals surface area contributed by atoms with Crippen LogP contribution in [0.15, 0.2) is 48.5 Å². The van der Waals surface area contributed by atoms with Crippen LogP contribution in [-0.2, 0) is 30.2 Å². The fourth-order valence-electron chi connectivity index (χ4n) is 3.03. The van der Waals surface area contributed by atoms with E-state index in [4.69, 9.17) is 35.3 Å². The molecule has 2 amide bonds. The van der Waals surface area contributed by atoms with Crippen molar-refractivity contribution in [3.63, 3.8) is 0 Å². The smallest absolute Gasteiger partial charge is 0.476 e. The summed E-state index contributed by atoms with van der Waals surface area (Å²) in [6, 6.07) is 13.7. The number of rotatable bonds is 12. The molecule has 40 heavy (non-hydrogen) atoms. The van der Waals surface area contributed by atoms with E-state index in [9.17, 15) is 19.2 Å². The van der Waals surface area contributed by atoms with Gasteiger partial charge in [0.2, 0.25) is 6.79 Å². The lowest BCUT2D eigenvalue weighted by Gasteiger charge is -2.24. The molecule has 0 radical (unpaired) electrons. The van der Waals surface area contributed by atoms with Gasteiger partial charge in [-0.3, -0.25) is 4.79 Å². The first-order chi connectivity index (χ1) is 18.7. The molecular formula is C28H35ClN2O9. The molecule has 0 aliphatic rings. The number of halogens is 1. The first-order valence-corrected chi connectivity index (χ1v) is 12.9. The van der Waals surface area contributed by atoms with Crippen LogP contribution in [0.2, 0.25) is 5.02 Å². The molecule has 11 nitrogen and oxygen atoms in total. The van der Waals surface area contributed by atoms with Crippen LogP contribution in [0.3, 0.4) is 0 Å². The Morgan fingerprint density at radius 3 is 2.08 bits per heavy atom. The van der Waals surface area contributed by atoms with Gasteiger partial charge >= 0.3 is 18.2 Å². The van der Waals surface area contributed by atoms with Crippen molar-refractivity contribution in [1.82, 2.24) is 10.6 Å². The first kappa shape index (κ1) is 32.2. The van der Waals surface area contributed by atoms with Crippen LogP contribution in [0.5, 0.6) is 5.75 Å². The zero-order valence-corrected chi connectivity index (χ0v) is 24.0. The van der Waals surface area contributed by atoms with Crippen molar-refractivity contribution in [3.05, 3.63) is 64.7 Å². The van der Waals surface area contributed by atoms with Crippen LogP contribution < -0.4 is 15.4 Å². The summed E-state index contributed by atoms with van der Waals surface area (Å²) in [5.41, 5.74) is -0.540. The molecule has 2 aromatic carbocycles. The average Bonchev–Trinajstić information content (AvgIpc) is 2.86. The molecule has 0 spiro atoms.